The Morgan fingerprint density at radius 3 is 2.26 bits per heavy atom. The zero-order valence-electron chi connectivity index (χ0n) is 10.2. The molecule has 0 amide bonds. The summed E-state index contributed by atoms with van der Waals surface area (Å²) >= 11 is 11.7. The summed E-state index contributed by atoms with van der Waals surface area (Å²) in [6.45, 7) is 0. The largest absolute Gasteiger partial charge is 0.508 e. The average molecular weight is 297 g/mol. The molecule has 2 N–H and O–H groups in total. The molecule has 1 unspecified atom stereocenters. The molecule has 0 radical (unpaired) electrons. The average Bonchev–Trinajstić information content (AvgIpc) is 2.40. The maximum absolute atomic E-state index is 10.1. The molecule has 19 heavy (non-hydrogen) atoms. The standard InChI is InChI=1S/C15H14Cl2O2/c16-12-4-1-10(2-5-12)14(18)7-3-11-9-13(17)6-8-15(11)19/h1-2,4-6,8-9,14,18-19H,3,7H2. The highest BCUT2D eigenvalue weighted by Crippen LogP contribution is 2.26. The van der Waals surface area contributed by atoms with Crippen LogP contribution in [0.15, 0.2) is 42.5 Å². The number of halogens is 2. The van der Waals surface area contributed by atoms with Gasteiger partial charge < -0.3 is 10.2 Å². The molecule has 1 atom stereocenters. The maximum Gasteiger partial charge on any atom is 0.118 e. The van der Waals surface area contributed by atoms with E-state index in [1.807, 2.05) is 0 Å². The SMILES string of the molecule is Oc1ccc(Cl)cc1CCC(O)c1ccc(Cl)cc1. The van der Waals surface area contributed by atoms with E-state index in [4.69, 9.17) is 23.2 Å². The molecule has 2 aromatic carbocycles. The topological polar surface area (TPSA) is 40.5 Å². The van der Waals surface area contributed by atoms with Gasteiger partial charge in [-0.05, 0) is 54.3 Å². The molecule has 0 saturated carbocycles. The monoisotopic (exact) mass is 296 g/mol. The molecule has 0 aliphatic rings. The van der Waals surface area contributed by atoms with Gasteiger partial charge in [0.1, 0.15) is 5.75 Å². The first-order valence-electron chi connectivity index (χ1n) is 5.97. The minimum absolute atomic E-state index is 0.202. The van der Waals surface area contributed by atoms with Crippen LogP contribution in [0.2, 0.25) is 10.0 Å². The molecular weight excluding hydrogens is 283 g/mol. The summed E-state index contributed by atoms with van der Waals surface area (Å²) in [5.41, 5.74) is 1.55. The van der Waals surface area contributed by atoms with E-state index in [0.717, 1.165) is 11.1 Å². The quantitative estimate of drug-likeness (QED) is 0.880. The minimum atomic E-state index is -0.587. The Morgan fingerprint density at radius 2 is 1.58 bits per heavy atom. The Hall–Kier alpha value is -1.22. The van der Waals surface area contributed by atoms with Crippen LogP contribution in [-0.4, -0.2) is 10.2 Å². The Labute approximate surface area is 122 Å². The van der Waals surface area contributed by atoms with Crippen LogP contribution in [0.25, 0.3) is 0 Å². The smallest absolute Gasteiger partial charge is 0.118 e. The van der Waals surface area contributed by atoms with E-state index in [1.165, 1.54) is 0 Å². The highest BCUT2D eigenvalue weighted by atomic mass is 35.5. The van der Waals surface area contributed by atoms with Crippen molar-refractivity contribution in [2.75, 3.05) is 0 Å². The first kappa shape index (κ1) is 14.2. The van der Waals surface area contributed by atoms with Gasteiger partial charge in [-0.2, -0.15) is 0 Å². The summed E-state index contributed by atoms with van der Waals surface area (Å²) in [6.07, 6.45) is 0.474. The molecule has 2 rings (SSSR count). The predicted molar refractivity (Wildman–Crippen MR) is 77.8 cm³/mol. The molecule has 2 nitrogen and oxygen atoms in total. The van der Waals surface area contributed by atoms with Crippen molar-refractivity contribution in [3.05, 3.63) is 63.6 Å². The second-order valence-corrected chi connectivity index (χ2v) is 5.25. The van der Waals surface area contributed by atoms with Gasteiger partial charge in [0.15, 0.2) is 0 Å². The molecular formula is C15H14Cl2O2. The number of rotatable bonds is 4. The van der Waals surface area contributed by atoms with E-state index in [-0.39, 0.29) is 5.75 Å². The van der Waals surface area contributed by atoms with E-state index in [0.29, 0.717) is 22.9 Å². The summed E-state index contributed by atoms with van der Waals surface area (Å²) in [6, 6.07) is 12.0. The van der Waals surface area contributed by atoms with Gasteiger partial charge in [0.25, 0.3) is 0 Å². The van der Waals surface area contributed by atoms with Crippen molar-refractivity contribution in [2.24, 2.45) is 0 Å². The van der Waals surface area contributed by atoms with Crippen LogP contribution in [0.4, 0.5) is 0 Å². The van der Waals surface area contributed by atoms with E-state index in [9.17, 15) is 10.2 Å². The molecule has 0 aliphatic carbocycles. The highest BCUT2D eigenvalue weighted by molar-refractivity contribution is 6.30. The van der Waals surface area contributed by atoms with Crippen molar-refractivity contribution < 1.29 is 10.2 Å². The third-order valence-corrected chi connectivity index (χ3v) is 3.47. The van der Waals surface area contributed by atoms with Gasteiger partial charge >= 0.3 is 0 Å². The summed E-state index contributed by atoms with van der Waals surface area (Å²) in [4.78, 5) is 0. The fraction of sp³-hybridized carbons (Fsp3) is 0.200. The van der Waals surface area contributed by atoms with Crippen LogP contribution in [-0.2, 0) is 6.42 Å². The first-order chi connectivity index (χ1) is 9.06. The summed E-state index contributed by atoms with van der Waals surface area (Å²) in [7, 11) is 0. The van der Waals surface area contributed by atoms with Crippen molar-refractivity contribution >= 4 is 23.2 Å². The fourth-order valence-corrected chi connectivity index (χ4v) is 2.22. The minimum Gasteiger partial charge on any atom is -0.508 e. The molecule has 4 heteroatoms. The van der Waals surface area contributed by atoms with E-state index < -0.39 is 6.10 Å². The van der Waals surface area contributed by atoms with Gasteiger partial charge in [0.2, 0.25) is 0 Å². The molecule has 0 bridgehead atoms. The summed E-state index contributed by atoms with van der Waals surface area (Å²) in [5, 5.41) is 21.0. The Bertz CT molecular complexity index is 553. The normalized spacial score (nSPS) is 12.4. The fourth-order valence-electron chi connectivity index (χ4n) is 1.90. The lowest BCUT2D eigenvalue weighted by molar-refractivity contribution is 0.167. The lowest BCUT2D eigenvalue weighted by Gasteiger charge is -2.12. The zero-order chi connectivity index (χ0) is 13.8. The van der Waals surface area contributed by atoms with Gasteiger partial charge in [-0.25, -0.2) is 0 Å². The third-order valence-electron chi connectivity index (χ3n) is 2.98. The summed E-state index contributed by atoms with van der Waals surface area (Å²) < 4.78 is 0. The molecule has 100 valence electrons. The van der Waals surface area contributed by atoms with E-state index >= 15 is 0 Å². The predicted octanol–water partition coefficient (Wildman–Crippen LogP) is 4.37. The number of phenols is 1. The van der Waals surface area contributed by atoms with Crippen LogP contribution in [0, 0.1) is 0 Å². The molecule has 0 heterocycles. The molecule has 0 aliphatic heterocycles. The van der Waals surface area contributed by atoms with E-state index in [1.54, 1.807) is 42.5 Å². The molecule has 2 aromatic rings. The van der Waals surface area contributed by atoms with Crippen molar-refractivity contribution in [3.8, 4) is 5.75 Å². The molecule has 0 spiro atoms. The third kappa shape index (κ3) is 3.87. The number of hydrogen-bond donors (Lipinski definition) is 2. The lowest BCUT2D eigenvalue weighted by atomic mass is 10.0. The molecule has 0 aromatic heterocycles. The van der Waals surface area contributed by atoms with Crippen molar-refractivity contribution in [2.45, 2.75) is 18.9 Å². The number of aromatic hydroxyl groups is 1. The number of phenolic OH excluding ortho intramolecular Hbond substituents is 1. The van der Waals surface area contributed by atoms with Crippen molar-refractivity contribution in [3.63, 3.8) is 0 Å². The van der Waals surface area contributed by atoms with E-state index in [2.05, 4.69) is 0 Å². The highest BCUT2D eigenvalue weighted by Gasteiger charge is 2.10. The van der Waals surface area contributed by atoms with Crippen LogP contribution < -0.4 is 0 Å². The Balaban J connectivity index is 2.02. The Morgan fingerprint density at radius 1 is 0.947 bits per heavy atom. The van der Waals surface area contributed by atoms with Crippen LogP contribution in [0.5, 0.6) is 5.75 Å². The molecule has 0 saturated heterocycles. The van der Waals surface area contributed by atoms with Gasteiger partial charge in [-0.15, -0.1) is 0 Å². The van der Waals surface area contributed by atoms with Gasteiger partial charge in [-0.3, -0.25) is 0 Å². The van der Waals surface area contributed by atoms with Gasteiger partial charge in [-0.1, -0.05) is 35.3 Å². The number of benzene rings is 2. The summed E-state index contributed by atoms with van der Waals surface area (Å²) in [5.74, 6) is 0.202. The second-order valence-electron chi connectivity index (χ2n) is 4.38. The second kappa shape index (κ2) is 6.29. The van der Waals surface area contributed by atoms with Crippen LogP contribution >= 0.6 is 23.2 Å². The first-order valence-corrected chi connectivity index (χ1v) is 6.73. The maximum atomic E-state index is 10.1. The number of aryl methyl sites for hydroxylation is 1. The van der Waals surface area contributed by atoms with Gasteiger partial charge in [0.05, 0.1) is 6.10 Å². The van der Waals surface area contributed by atoms with Crippen LogP contribution in [0.1, 0.15) is 23.7 Å². The zero-order valence-corrected chi connectivity index (χ0v) is 11.7. The van der Waals surface area contributed by atoms with Crippen LogP contribution in [0.3, 0.4) is 0 Å². The number of aliphatic hydroxyl groups is 1. The van der Waals surface area contributed by atoms with Crippen molar-refractivity contribution in [1.29, 1.82) is 0 Å². The van der Waals surface area contributed by atoms with Crippen molar-refractivity contribution in [1.82, 2.24) is 0 Å². The lowest BCUT2D eigenvalue weighted by Crippen LogP contribution is -1.99. The number of hydrogen-bond acceptors (Lipinski definition) is 2. The number of aliphatic hydroxyl groups excluding tert-OH is 1. The van der Waals surface area contributed by atoms with Gasteiger partial charge in [0, 0.05) is 10.0 Å². The molecule has 0 fully saturated rings. The Kier molecular flexibility index (Phi) is 4.70.